The second-order valence-electron chi connectivity index (χ2n) is 3.52. The Kier molecular flexibility index (Phi) is 1.82. The average Bonchev–Trinajstić information content (AvgIpc) is 2.95. The molecule has 1 N–H and O–H groups in total. The van der Waals surface area contributed by atoms with E-state index in [1.165, 1.54) is 17.0 Å². The molecule has 0 spiro atoms. The number of carbonyl (C=O) groups is 1. The molecule has 0 saturated heterocycles. The van der Waals surface area contributed by atoms with E-state index in [1.807, 2.05) is 0 Å². The molecule has 3 aromatic heterocycles. The third-order valence-electron chi connectivity index (χ3n) is 2.49. The molecule has 0 aromatic carbocycles. The molecule has 0 unspecified atom stereocenters. The second-order valence-corrected chi connectivity index (χ2v) is 3.52. The number of aromatic nitrogens is 4. The van der Waals surface area contributed by atoms with Gasteiger partial charge < -0.3 is 9.52 Å². The van der Waals surface area contributed by atoms with Crippen molar-refractivity contribution in [2.24, 2.45) is 7.05 Å². The smallest absolute Gasteiger partial charge is 0.356 e. The van der Waals surface area contributed by atoms with Gasteiger partial charge in [0.05, 0.1) is 12.5 Å². The van der Waals surface area contributed by atoms with E-state index in [9.17, 15) is 4.79 Å². The first-order chi connectivity index (χ1) is 8.18. The van der Waals surface area contributed by atoms with Crippen LogP contribution >= 0.6 is 0 Å². The number of aromatic carboxylic acids is 1. The van der Waals surface area contributed by atoms with Gasteiger partial charge >= 0.3 is 5.97 Å². The number of aryl methyl sites for hydroxylation is 1. The van der Waals surface area contributed by atoms with Crippen molar-refractivity contribution < 1.29 is 14.3 Å². The first-order valence-corrected chi connectivity index (χ1v) is 4.86. The van der Waals surface area contributed by atoms with Crippen LogP contribution in [0, 0.1) is 0 Å². The number of carboxylic acids is 1. The number of hydrogen-bond donors (Lipinski definition) is 1. The van der Waals surface area contributed by atoms with Gasteiger partial charge in [-0.25, -0.2) is 9.78 Å². The minimum Gasteiger partial charge on any atom is -0.476 e. The summed E-state index contributed by atoms with van der Waals surface area (Å²) in [7, 11) is 1.75. The van der Waals surface area contributed by atoms with Crippen molar-refractivity contribution >= 4 is 11.7 Å². The Labute approximate surface area is 94.9 Å². The number of carboxylic acid groups (broad SMARTS) is 1. The van der Waals surface area contributed by atoms with Crippen molar-refractivity contribution in [2.45, 2.75) is 0 Å². The van der Waals surface area contributed by atoms with Gasteiger partial charge in [-0.2, -0.15) is 4.52 Å². The SMILES string of the molecule is Cn1c(-c2ccco2)nn2c(C(=O)O)cnc12. The lowest BCUT2D eigenvalue weighted by molar-refractivity contribution is 0.0688. The summed E-state index contributed by atoms with van der Waals surface area (Å²) in [6.07, 6.45) is 2.81. The molecular formula is C10H8N4O3. The molecule has 0 bridgehead atoms. The molecule has 0 aliphatic rings. The zero-order chi connectivity index (χ0) is 12.0. The van der Waals surface area contributed by atoms with Gasteiger partial charge in [0.1, 0.15) is 0 Å². The molecule has 0 aliphatic heterocycles. The largest absolute Gasteiger partial charge is 0.476 e. The van der Waals surface area contributed by atoms with E-state index in [1.54, 1.807) is 23.7 Å². The zero-order valence-electron chi connectivity index (χ0n) is 8.86. The third-order valence-corrected chi connectivity index (χ3v) is 2.49. The molecule has 3 heterocycles. The molecule has 0 radical (unpaired) electrons. The lowest BCUT2D eigenvalue weighted by Gasteiger charge is -1.94. The molecule has 0 aliphatic carbocycles. The number of fused-ring (bicyclic) bond motifs is 1. The quantitative estimate of drug-likeness (QED) is 0.713. The first-order valence-electron chi connectivity index (χ1n) is 4.86. The van der Waals surface area contributed by atoms with E-state index in [-0.39, 0.29) is 5.69 Å². The van der Waals surface area contributed by atoms with Crippen molar-refractivity contribution in [1.82, 2.24) is 19.2 Å². The lowest BCUT2D eigenvalue weighted by Crippen LogP contribution is -2.01. The molecule has 3 aromatic rings. The molecular weight excluding hydrogens is 224 g/mol. The number of furan rings is 1. The Morgan fingerprint density at radius 1 is 1.53 bits per heavy atom. The van der Waals surface area contributed by atoms with Gasteiger partial charge in [-0.05, 0) is 12.1 Å². The topological polar surface area (TPSA) is 85.6 Å². The van der Waals surface area contributed by atoms with E-state index < -0.39 is 5.97 Å². The van der Waals surface area contributed by atoms with Gasteiger partial charge in [-0.1, -0.05) is 0 Å². The number of nitrogens with zero attached hydrogens (tertiary/aromatic N) is 4. The maximum absolute atomic E-state index is 10.9. The first kappa shape index (κ1) is 9.64. The van der Waals surface area contributed by atoms with Crippen LogP contribution in [0.2, 0.25) is 0 Å². The summed E-state index contributed by atoms with van der Waals surface area (Å²) >= 11 is 0. The van der Waals surface area contributed by atoms with Crippen molar-refractivity contribution in [3.05, 3.63) is 30.3 Å². The highest BCUT2D eigenvalue weighted by molar-refractivity contribution is 5.86. The molecule has 0 atom stereocenters. The van der Waals surface area contributed by atoms with Gasteiger partial charge in [0.2, 0.25) is 5.78 Å². The Morgan fingerprint density at radius 3 is 3.00 bits per heavy atom. The van der Waals surface area contributed by atoms with Crippen molar-refractivity contribution in [2.75, 3.05) is 0 Å². The minimum absolute atomic E-state index is 0.0217. The molecule has 7 heteroatoms. The summed E-state index contributed by atoms with van der Waals surface area (Å²) in [5.74, 6) is 0.477. The summed E-state index contributed by atoms with van der Waals surface area (Å²) in [5, 5.41) is 13.1. The predicted molar refractivity (Wildman–Crippen MR) is 56.6 cm³/mol. The van der Waals surface area contributed by atoms with Crippen molar-refractivity contribution in [1.29, 1.82) is 0 Å². The van der Waals surface area contributed by atoms with E-state index in [0.29, 0.717) is 17.4 Å². The van der Waals surface area contributed by atoms with E-state index in [4.69, 9.17) is 9.52 Å². The van der Waals surface area contributed by atoms with Gasteiger partial charge in [0.25, 0.3) is 0 Å². The normalized spacial score (nSPS) is 11.1. The Hall–Kier alpha value is -2.57. The van der Waals surface area contributed by atoms with Crippen LogP contribution in [0.3, 0.4) is 0 Å². The summed E-state index contributed by atoms with van der Waals surface area (Å²) in [4.78, 5) is 15.0. The van der Waals surface area contributed by atoms with E-state index in [2.05, 4.69) is 10.1 Å². The molecule has 3 rings (SSSR count). The van der Waals surface area contributed by atoms with Crippen LogP contribution in [0.4, 0.5) is 0 Å². The van der Waals surface area contributed by atoms with Crippen LogP contribution < -0.4 is 0 Å². The number of hydrogen-bond acceptors (Lipinski definition) is 4. The predicted octanol–water partition coefficient (Wildman–Crippen LogP) is 1.03. The molecule has 0 fully saturated rings. The monoisotopic (exact) mass is 232 g/mol. The highest BCUT2D eigenvalue weighted by Gasteiger charge is 2.18. The molecule has 0 amide bonds. The second kappa shape index (κ2) is 3.21. The van der Waals surface area contributed by atoms with E-state index >= 15 is 0 Å². The van der Waals surface area contributed by atoms with Gasteiger partial charge in [-0.15, -0.1) is 5.10 Å². The summed E-state index contributed by atoms with van der Waals surface area (Å²) in [5.41, 5.74) is 0.0217. The van der Waals surface area contributed by atoms with Crippen LogP contribution in [-0.4, -0.2) is 30.2 Å². The Bertz CT molecular complexity index is 693. The van der Waals surface area contributed by atoms with Crippen LogP contribution in [0.5, 0.6) is 0 Å². The number of imidazole rings is 1. The third kappa shape index (κ3) is 1.25. The fourth-order valence-corrected chi connectivity index (χ4v) is 1.69. The fraction of sp³-hybridized carbons (Fsp3) is 0.100. The maximum atomic E-state index is 10.9. The number of rotatable bonds is 2. The molecule has 7 nitrogen and oxygen atoms in total. The van der Waals surface area contributed by atoms with Crippen molar-refractivity contribution in [3.8, 4) is 11.6 Å². The highest BCUT2D eigenvalue weighted by atomic mass is 16.4. The molecule has 17 heavy (non-hydrogen) atoms. The summed E-state index contributed by atoms with van der Waals surface area (Å²) in [6, 6.07) is 3.49. The standard InChI is InChI=1S/C10H8N4O3/c1-13-8(7-3-2-4-17-7)12-14-6(9(15)16)5-11-10(13)14/h2-5H,1H3,(H,15,16). The van der Waals surface area contributed by atoms with Crippen LogP contribution in [0.25, 0.3) is 17.4 Å². The molecule has 86 valence electrons. The highest BCUT2D eigenvalue weighted by Crippen LogP contribution is 2.19. The van der Waals surface area contributed by atoms with E-state index in [0.717, 1.165) is 0 Å². The van der Waals surface area contributed by atoms with Gasteiger partial charge in [0.15, 0.2) is 17.3 Å². The fourth-order valence-electron chi connectivity index (χ4n) is 1.69. The zero-order valence-corrected chi connectivity index (χ0v) is 8.86. The minimum atomic E-state index is -1.07. The summed E-state index contributed by atoms with van der Waals surface area (Å²) in [6.45, 7) is 0. The van der Waals surface area contributed by atoms with Crippen LogP contribution in [0.15, 0.2) is 29.0 Å². The van der Waals surface area contributed by atoms with Crippen LogP contribution in [-0.2, 0) is 7.05 Å². The van der Waals surface area contributed by atoms with Gasteiger partial charge in [-0.3, -0.25) is 4.57 Å². The lowest BCUT2D eigenvalue weighted by atomic mass is 10.4. The molecule has 0 saturated carbocycles. The Balaban J connectivity index is 2.29. The summed E-state index contributed by atoms with van der Waals surface area (Å²) < 4.78 is 8.18. The average molecular weight is 232 g/mol. The van der Waals surface area contributed by atoms with Gasteiger partial charge in [0, 0.05) is 7.05 Å². The van der Waals surface area contributed by atoms with Crippen LogP contribution in [0.1, 0.15) is 10.5 Å². The maximum Gasteiger partial charge on any atom is 0.356 e. The van der Waals surface area contributed by atoms with Crippen molar-refractivity contribution in [3.63, 3.8) is 0 Å². The Morgan fingerprint density at radius 2 is 2.35 bits per heavy atom.